The fourth-order valence-corrected chi connectivity index (χ4v) is 6.32. The van der Waals surface area contributed by atoms with Gasteiger partial charge in [0.15, 0.2) is 29.3 Å². The van der Waals surface area contributed by atoms with E-state index in [1.807, 2.05) is 108 Å². The number of imidazole rings is 1. The number of aliphatic hydroxyl groups excluding tert-OH is 1. The van der Waals surface area contributed by atoms with Crippen molar-refractivity contribution in [3.8, 4) is 5.75 Å². The molecule has 3 heterocycles. The number of H-pyrrole nitrogens is 1. The van der Waals surface area contributed by atoms with Gasteiger partial charge in [-0.2, -0.15) is 4.98 Å². The molecule has 1 fully saturated rings. The number of halogens is 2. The van der Waals surface area contributed by atoms with Crippen LogP contribution in [0.25, 0.3) is 21.6 Å². The molecule has 14 heteroatoms. The average Bonchev–Trinajstić information content (AvgIpc) is 3.60. The van der Waals surface area contributed by atoms with E-state index in [1.54, 1.807) is 7.11 Å². The van der Waals surface area contributed by atoms with Gasteiger partial charge in [0.05, 0.1) is 13.4 Å². The number of alkyl halides is 2. The molecule has 3 aromatic carbocycles. The minimum Gasteiger partial charge on any atom is -0.497 e. The highest BCUT2D eigenvalue weighted by atomic mass is 127. The number of azide groups is 1. The number of benzene rings is 3. The monoisotopic (exact) mass is 708 g/mol. The van der Waals surface area contributed by atoms with E-state index in [9.17, 15) is 9.90 Å². The van der Waals surface area contributed by atoms with Gasteiger partial charge in [0.25, 0.3) is 5.56 Å². The number of hydrogen-bond acceptors (Lipinski definition) is 8. The zero-order chi connectivity index (χ0) is 30.9. The lowest BCUT2D eigenvalue weighted by Crippen LogP contribution is -2.41. The maximum Gasteiger partial charge on any atom is 0.280 e. The predicted octanol–water partition coefficient (Wildman–Crippen LogP) is 5.20. The summed E-state index contributed by atoms with van der Waals surface area (Å²) in [5.41, 5.74) is 8.02. The Balaban J connectivity index is 1.53. The number of rotatable bonds is 9. The van der Waals surface area contributed by atoms with Crippen molar-refractivity contribution in [2.24, 2.45) is 5.11 Å². The van der Waals surface area contributed by atoms with E-state index in [2.05, 4.69) is 25.3 Å². The largest absolute Gasteiger partial charge is 0.497 e. The topological polar surface area (TPSA) is 163 Å². The van der Waals surface area contributed by atoms with Crippen LogP contribution in [0.1, 0.15) is 22.9 Å². The first-order valence-corrected chi connectivity index (χ1v) is 15.0. The number of aliphatic hydroxyl groups is 1. The highest BCUT2D eigenvalue weighted by molar-refractivity contribution is 14.1. The van der Waals surface area contributed by atoms with Crippen molar-refractivity contribution in [1.29, 1.82) is 0 Å². The summed E-state index contributed by atoms with van der Waals surface area (Å²) in [4.78, 5) is 27.7. The van der Waals surface area contributed by atoms with E-state index >= 15 is 4.39 Å². The quantitative estimate of drug-likeness (QED) is 0.0473. The maximum absolute atomic E-state index is 15.5. The summed E-state index contributed by atoms with van der Waals surface area (Å²) in [6, 6.07) is 26.9. The number of fused-ring (bicyclic) bond motifs is 1. The van der Waals surface area contributed by atoms with Gasteiger partial charge < -0.3 is 19.9 Å². The second-order valence-electron chi connectivity index (χ2n) is 10.1. The van der Waals surface area contributed by atoms with E-state index in [4.69, 9.17) is 20.0 Å². The van der Waals surface area contributed by atoms with Crippen LogP contribution < -0.4 is 15.6 Å². The molecule has 2 aromatic heterocycles. The van der Waals surface area contributed by atoms with Crippen LogP contribution in [0, 0.1) is 0 Å². The number of aromatic amines is 1. The summed E-state index contributed by atoms with van der Waals surface area (Å²) in [5, 5.41) is 17.7. The van der Waals surface area contributed by atoms with Gasteiger partial charge in [0.2, 0.25) is 5.95 Å². The molecule has 6 rings (SSSR count). The maximum atomic E-state index is 15.5. The molecule has 5 aromatic rings. The smallest absolute Gasteiger partial charge is 0.280 e. The number of ether oxygens (including phenoxy) is 2. The van der Waals surface area contributed by atoms with Crippen LogP contribution in [0.5, 0.6) is 5.75 Å². The standard InChI is InChI=1S/C30H26FIN8O4/c1-43-21-14-12-20(13-15-21)30(18-8-4-2-5-9-18,19-10-6-3-7-11-19)37-28-35-25-23(26(42)36-28)34-17-40(25)27-22(31)24(41)29(16-32,44-27)38-39-33/h2-15,17,22,24,27,41H,16H2,1H3,(H2,35,36,37,42)/t22-,24+,27-,29-/m1/s1. The molecule has 4 atom stereocenters. The van der Waals surface area contributed by atoms with Crippen molar-refractivity contribution < 1.29 is 19.0 Å². The zero-order valence-corrected chi connectivity index (χ0v) is 25.4. The summed E-state index contributed by atoms with van der Waals surface area (Å²) in [6.45, 7) is 0. The molecule has 3 N–H and O–H groups in total. The molecule has 0 aliphatic carbocycles. The number of anilines is 1. The van der Waals surface area contributed by atoms with Crippen LogP contribution in [0.4, 0.5) is 10.3 Å². The fraction of sp³-hybridized carbons (Fsp3) is 0.233. The van der Waals surface area contributed by atoms with E-state index in [0.29, 0.717) is 5.75 Å². The van der Waals surface area contributed by atoms with Crippen LogP contribution in [0.2, 0.25) is 0 Å². The molecule has 0 amide bonds. The van der Waals surface area contributed by atoms with Gasteiger partial charge in [-0.3, -0.25) is 14.3 Å². The van der Waals surface area contributed by atoms with Crippen LogP contribution in [0.15, 0.2) is 101 Å². The van der Waals surface area contributed by atoms with Crippen molar-refractivity contribution in [2.75, 3.05) is 16.9 Å². The van der Waals surface area contributed by atoms with Crippen LogP contribution in [0.3, 0.4) is 0 Å². The summed E-state index contributed by atoms with van der Waals surface area (Å²) < 4.78 is 28.0. The summed E-state index contributed by atoms with van der Waals surface area (Å²) in [6.07, 6.45) is -4.01. The van der Waals surface area contributed by atoms with Crippen LogP contribution in [-0.4, -0.2) is 54.2 Å². The van der Waals surface area contributed by atoms with Gasteiger partial charge in [-0.25, -0.2) is 9.37 Å². The Kier molecular flexibility index (Phi) is 7.98. The molecule has 1 aliphatic heterocycles. The van der Waals surface area contributed by atoms with Gasteiger partial charge in [-0.15, -0.1) is 0 Å². The molecule has 0 spiro atoms. The summed E-state index contributed by atoms with van der Waals surface area (Å²) in [5.74, 6) is 0.736. The number of methoxy groups -OCH3 is 1. The normalized spacial score (nSPS) is 21.6. The van der Waals surface area contributed by atoms with Gasteiger partial charge in [0.1, 0.15) is 17.4 Å². The molecule has 1 saturated heterocycles. The first-order valence-electron chi connectivity index (χ1n) is 13.5. The zero-order valence-electron chi connectivity index (χ0n) is 23.2. The Morgan fingerprint density at radius 3 is 2.32 bits per heavy atom. The minimum atomic E-state index is -2.00. The van der Waals surface area contributed by atoms with Gasteiger partial charge in [-0.1, -0.05) is 101 Å². The van der Waals surface area contributed by atoms with E-state index in [1.165, 1.54) is 10.9 Å². The minimum absolute atomic E-state index is 0.00560. The number of aromatic nitrogens is 4. The Morgan fingerprint density at radius 2 is 1.75 bits per heavy atom. The van der Waals surface area contributed by atoms with Gasteiger partial charge in [0, 0.05) is 9.34 Å². The molecule has 0 unspecified atom stereocenters. The molecule has 0 bridgehead atoms. The SMILES string of the molecule is COc1ccc(C(Nc2nc3c(ncn3[C@@H]3O[C@@](CI)(N=[N+]=[N-])[C@@H](O)[C@H]3F)c(=O)[nH]2)(c2ccccc2)c2ccccc2)cc1. The van der Waals surface area contributed by atoms with Crippen LogP contribution in [-0.2, 0) is 10.3 Å². The van der Waals surface area contributed by atoms with Gasteiger partial charge in [-0.05, 0) is 34.4 Å². The predicted molar refractivity (Wildman–Crippen MR) is 169 cm³/mol. The third-order valence-electron chi connectivity index (χ3n) is 7.72. The molecule has 12 nitrogen and oxygen atoms in total. The third kappa shape index (κ3) is 4.85. The lowest BCUT2D eigenvalue weighted by molar-refractivity contribution is -0.0807. The molecule has 1 aliphatic rings. The first-order chi connectivity index (χ1) is 21.4. The van der Waals surface area contributed by atoms with Crippen molar-refractivity contribution in [2.45, 2.75) is 29.8 Å². The van der Waals surface area contributed by atoms with Crippen LogP contribution >= 0.6 is 22.6 Å². The van der Waals surface area contributed by atoms with Crippen molar-refractivity contribution in [3.63, 3.8) is 0 Å². The molecule has 224 valence electrons. The second kappa shape index (κ2) is 11.9. The Labute approximate surface area is 263 Å². The fourth-order valence-electron chi connectivity index (χ4n) is 5.54. The number of nitrogens with zero attached hydrogens (tertiary/aromatic N) is 6. The van der Waals surface area contributed by atoms with Gasteiger partial charge >= 0.3 is 0 Å². The third-order valence-corrected chi connectivity index (χ3v) is 8.81. The molecule has 44 heavy (non-hydrogen) atoms. The Bertz CT molecular complexity index is 1840. The number of nitrogens with one attached hydrogen (secondary N) is 2. The summed E-state index contributed by atoms with van der Waals surface area (Å²) in [7, 11) is 1.59. The van der Waals surface area contributed by atoms with E-state index in [-0.39, 0.29) is 21.5 Å². The Hall–Kier alpha value is -4.50. The van der Waals surface area contributed by atoms with E-state index < -0.39 is 35.3 Å². The second-order valence-corrected chi connectivity index (χ2v) is 10.9. The van der Waals surface area contributed by atoms with E-state index in [0.717, 1.165) is 16.7 Å². The lowest BCUT2D eigenvalue weighted by atomic mass is 9.77. The average molecular weight is 708 g/mol. The first kappa shape index (κ1) is 29.6. The lowest BCUT2D eigenvalue weighted by Gasteiger charge is -2.37. The number of hydrogen-bond donors (Lipinski definition) is 3. The summed E-state index contributed by atoms with van der Waals surface area (Å²) >= 11 is 1.85. The molecular formula is C30H26FIN8O4. The highest BCUT2D eigenvalue weighted by Gasteiger charge is 2.55. The molecular weight excluding hydrogens is 682 g/mol. The van der Waals surface area contributed by atoms with Crippen molar-refractivity contribution in [3.05, 3.63) is 129 Å². The Morgan fingerprint density at radius 1 is 1.14 bits per heavy atom. The molecule has 0 radical (unpaired) electrons. The van der Waals surface area contributed by atoms with Crippen molar-refractivity contribution >= 4 is 39.7 Å². The van der Waals surface area contributed by atoms with Crippen molar-refractivity contribution in [1.82, 2.24) is 19.5 Å². The highest BCUT2D eigenvalue weighted by Crippen LogP contribution is 2.43. The molecule has 0 saturated carbocycles.